The van der Waals surface area contributed by atoms with Crippen LogP contribution in [-0.2, 0) is 23.8 Å². The van der Waals surface area contributed by atoms with Crippen LogP contribution < -0.4 is 4.74 Å². The molecule has 0 aliphatic carbocycles. The van der Waals surface area contributed by atoms with Crippen LogP contribution in [0.4, 0.5) is 13.2 Å². The molecule has 1 aliphatic heterocycles. The largest absolute Gasteiger partial charge is 0.493 e. The van der Waals surface area contributed by atoms with Crippen LogP contribution >= 0.6 is 0 Å². The van der Waals surface area contributed by atoms with Gasteiger partial charge in [-0.2, -0.15) is 18.3 Å². The third-order valence-corrected chi connectivity index (χ3v) is 5.56. The van der Waals surface area contributed by atoms with Gasteiger partial charge in [-0.25, -0.2) is 0 Å². The second-order valence-electron chi connectivity index (χ2n) is 7.85. The number of ether oxygens (including phenoxy) is 1. The minimum Gasteiger partial charge on any atom is -0.493 e. The molecule has 1 amide bonds. The molecule has 1 N–H and O–H groups in total. The van der Waals surface area contributed by atoms with Crippen LogP contribution in [0.5, 0.6) is 5.75 Å². The highest BCUT2D eigenvalue weighted by Gasteiger charge is 2.32. The number of hydrogen-bond acceptors (Lipinski definition) is 3. The highest BCUT2D eigenvalue weighted by molar-refractivity contribution is 5.79. The molecule has 4 rings (SSSR count). The van der Waals surface area contributed by atoms with Gasteiger partial charge in [0.15, 0.2) is 0 Å². The van der Waals surface area contributed by atoms with E-state index in [-0.39, 0.29) is 24.3 Å². The summed E-state index contributed by atoms with van der Waals surface area (Å²) in [5, 5.41) is 7.35. The third kappa shape index (κ3) is 5.30. The van der Waals surface area contributed by atoms with Crippen LogP contribution in [0.15, 0.2) is 60.7 Å². The third-order valence-electron chi connectivity index (χ3n) is 5.56. The van der Waals surface area contributed by atoms with E-state index in [0.717, 1.165) is 41.9 Å². The van der Waals surface area contributed by atoms with E-state index in [1.165, 1.54) is 12.1 Å². The number of aromatic nitrogens is 2. The average molecular weight is 443 g/mol. The summed E-state index contributed by atoms with van der Waals surface area (Å²) in [6.45, 7) is 0.918. The van der Waals surface area contributed by atoms with E-state index in [9.17, 15) is 18.0 Å². The Morgan fingerprint density at radius 3 is 2.72 bits per heavy atom. The number of alkyl halides is 3. The molecule has 1 fully saturated rings. The fourth-order valence-corrected chi connectivity index (χ4v) is 3.96. The zero-order chi connectivity index (χ0) is 22.6. The quantitative estimate of drug-likeness (QED) is 0.562. The maximum atomic E-state index is 12.8. The highest BCUT2D eigenvalue weighted by Crippen LogP contribution is 2.32. The molecule has 5 nitrogen and oxygen atoms in total. The Hall–Kier alpha value is -3.29. The number of aromatic amines is 1. The van der Waals surface area contributed by atoms with Gasteiger partial charge in [0.25, 0.3) is 0 Å². The summed E-state index contributed by atoms with van der Waals surface area (Å²) in [5.74, 6) is 0.254. The number of likely N-dealkylation sites (tertiary alicyclic amines) is 1. The second-order valence-corrected chi connectivity index (χ2v) is 7.85. The van der Waals surface area contributed by atoms with Crippen molar-refractivity contribution in [1.29, 1.82) is 0 Å². The summed E-state index contributed by atoms with van der Waals surface area (Å²) in [5.41, 5.74) is 1.87. The monoisotopic (exact) mass is 443 g/mol. The molecule has 0 bridgehead atoms. The zero-order valence-electron chi connectivity index (χ0n) is 17.4. The van der Waals surface area contributed by atoms with Gasteiger partial charge in [0.05, 0.1) is 30.3 Å². The van der Waals surface area contributed by atoms with Gasteiger partial charge < -0.3 is 9.64 Å². The summed E-state index contributed by atoms with van der Waals surface area (Å²) >= 11 is 0. The summed E-state index contributed by atoms with van der Waals surface area (Å²) < 4.78 is 44.0. The Bertz CT molecular complexity index is 1050. The summed E-state index contributed by atoms with van der Waals surface area (Å²) in [6.07, 6.45) is -1.80. The van der Waals surface area contributed by atoms with Gasteiger partial charge in [-0.15, -0.1) is 0 Å². The van der Waals surface area contributed by atoms with Crippen molar-refractivity contribution in [2.75, 3.05) is 13.2 Å². The van der Waals surface area contributed by atoms with Crippen molar-refractivity contribution in [3.8, 4) is 5.75 Å². The van der Waals surface area contributed by atoms with E-state index in [0.29, 0.717) is 19.4 Å². The number of rotatable bonds is 7. The van der Waals surface area contributed by atoms with Gasteiger partial charge >= 0.3 is 6.18 Å². The molecule has 1 aliphatic rings. The molecule has 168 valence electrons. The van der Waals surface area contributed by atoms with Gasteiger partial charge in [0, 0.05) is 18.7 Å². The number of H-pyrrole nitrogens is 1. The smallest absolute Gasteiger partial charge is 0.416 e. The Morgan fingerprint density at radius 2 is 1.94 bits per heavy atom. The van der Waals surface area contributed by atoms with Crippen molar-refractivity contribution < 1.29 is 22.7 Å². The maximum absolute atomic E-state index is 12.8. The maximum Gasteiger partial charge on any atom is 0.416 e. The lowest BCUT2D eigenvalue weighted by atomic mass is 10.1. The topological polar surface area (TPSA) is 58.2 Å². The van der Waals surface area contributed by atoms with E-state index < -0.39 is 11.7 Å². The molecule has 1 aromatic heterocycles. The number of nitrogens with one attached hydrogen (secondary N) is 1. The summed E-state index contributed by atoms with van der Waals surface area (Å²) in [7, 11) is 0. The molecule has 1 saturated heterocycles. The van der Waals surface area contributed by atoms with Crippen LogP contribution in [0.25, 0.3) is 0 Å². The summed E-state index contributed by atoms with van der Waals surface area (Å²) in [4.78, 5) is 14.7. The van der Waals surface area contributed by atoms with Crippen LogP contribution in [0, 0.1) is 0 Å². The van der Waals surface area contributed by atoms with E-state index in [2.05, 4.69) is 10.2 Å². The number of halogens is 3. The van der Waals surface area contributed by atoms with Gasteiger partial charge in [-0.3, -0.25) is 9.89 Å². The predicted molar refractivity (Wildman–Crippen MR) is 113 cm³/mol. The number of carbonyl (C=O) groups excluding carboxylic acids is 1. The van der Waals surface area contributed by atoms with Crippen LogP contribution in [-0.4, -0.2) is 34.2 Å². The molecule has 8 heteroatoms. The molecular weight excluding hydrogens is 419 g/mol. The normalized spacial score (nSPS) is 16.3. The molecule has 32 heavy (non-hydrogen) atoms. The first-order valence-corrected chi connectivity index (χ1v) is 10.6. The Morgan fingerprint density at radius 1 is 1.12 bits per heavy atom. The van der Waals surface area contributed by atoms with Crippen molar-refractivity contribution in [2.45, 2.75) is 37.9 Å². The van der Waals surface area contributed by atoms with E-state index >= 15 is 0 Å². The van der Waals surface area contributed by atoms with Crippen LogP contribution in [0.1, 0.15) is 41.4 Å². The number of amides is 1. The summed E-state index contributed by atoms with van der Waals surface area (Å²) in [6, 6.07) is 16.3. The molecule has 2 heterocycles. The Kier molecular flexibility index (Phi) is 6.48. The van der Waals surface area contributed by atoms with Gasteiger partial charge in [0.2, 0.25) is 5.91 Å². The molecule has 0 spiro atoms. The minimum absolute atomic E-state index is 0.0689. The van der Waals surface area contributed by atoms with Gasteiger partial charge in [-0.1, -0.05) is 36.4 Å². The molecule has 0 radical (unpaired) electrons. The number of benzene rings is 2. The predicted octanol–water partition coefficient (Wildman–Crippen LogP) is 4.96. The van der Waals surface area contributed by atoms with E-state index in [4.69, 9.17) is 4.74 Å². The molecule has 2 aromatic carbocycles. The number of nitrogens with zero attached hydrogens (tertiary/aromatic N) is 2. The van der Waals surface area contributed by atoms with Crippen molar-refractivity contribution in [3.63, 3.8) is 0 Å². The Balaban J connectivity index is 1.33. The van der Waals surface area contributed by atoms with Crippen molar-refractivity contribution >= 4 is 5.91 Å². The van der Waals surface area contributed by atoms with Crippen LogP contribution in [0.3, 0.4) is 0 Å². The van der Waals surface area contributed by atoms with E-state index in [1.807, 2.05) is 41.3 Å². The lowest BCUT2D eigenvalue weighted by Gasteiger charge is -2.23. The molecule has 0 unspecified atom stereocenters. The van der Waals surface area contributed by atoms with Crippen molar-refractivity contribution in [1.82, 2.24) is 15.1 Å². The highest BCUT2D eigenvalue weighted by atomic mass is 19.4. The van der Waals surface area contributed by atoms with Crippen molar-refractivity contribution in [2.24, 2.45) is 0 Å². The average Bonchev–Trinajstić information content (AvgIpc) is 3.44. The van der Waals surface area contributed by atoms with Gasteiger partial charge in [0.1, 0.15) is 5.75 Å². The zero-order valence-corrected chi connectivity index (χ0v) is 17.4. The van der Waals surface area contributed by atoms with Crippen LogP contribution in [0.2, 0.25) is 0 Å². The Labute approximate surface area is 184 Å². The lowest BCUT2D eigenvalue weighted by molar-refractivity contribution is -0.137. The standard InChI is InChI=1S/C24H24F3N3O2/c25-24(26,27)18-8-4-9-20(15-18)32-13-11-19-16-21(29-28-19)22-10-5-12-30(22)23(31)14-17-6-2-1-3-7-17/h1-4,6-9,15-16,22H,5,10-14H2,(H,28,29)/t22-/m1/s1. The second kappa shape index (κ2) is 9.46. The fraction of sp³-hybridized carbons (Fsp3) is 0.333. The fourth-order valence-electron chi connectivity index (χ4n) is 3.96. The lowest BCUT2D eigenvalue weighted by Crippen LogP contribution is -2.32. The van der Waals surface area contributed by atoms with E-state index in [1.54, 1.807) is 0 Å². The first kappa shape index (κ1) is 21.9. The van der Waals surface area contributed by atoms with Gasteiger partial charge in [-0.05, 0) is 42.7 Å². The molecule has 1 atom stereocenters. The SMILES string of the molecule is O=C(Cc1ccccc1)N1CCC[C@@H]1c1cc(CCOc2cccc(C(F)(F)F)c2)[nH]n1. The minimum atomic E-state index is -4.40. The molecular formula is C24H24F3N3O2. The number of carbonyl (C=O) groups is 1. The number of hydrogen-bond donors (Lipinski definition) is 1. The van der Waals surface area contributed by atoms with Crippen molar-refractivity contribution in [3.05, 3.63) is 83.2 Å². The molecule has 3 aromatic rings. The first-order valence-electron chi connectivity index (χ1n) is 10.6. The molecule has 0 saturated carbocycles. The first-order chi connectivity index (χ1) is 15.4.